The van der Waals surface area contributed by atoms with Crippen LogP contribution in [0.3, 0.4) is 0 Å². The van der Waals surface area contributed by atoms with Gasteiger partial charge in [0.05, 0.1) is 15.3 Å². The van der Waals surface area contributed by atoms with E-state index in [1.54, 1.807) is 0 Å². The first-order valence-electron chi connectivity index (χ1n) is 4.99. The lowest BCUT2D eigenvalue weighted by molar-refractivity contribution is 0.981. The molecule has 2 heterocycles. The van der Waals surface area contributed by atoms with Crippen molar-refractivity contribution in [1.29, 1.82) is 10.5 Å². The summed E-state index contributed by atoms with van der Waals surface area (Å²) < 4.78 is 0.658. The van der Waals surface area contributed by atoms with Gasteiger partial charge in [-0.05, 0) is 12.1 Å². The van der Waals surface area contributed by atoms with E-state index >= 15 is 0 Å². The highest BCUT2D eigenvalue weighted by atomic mass is 32.2. The molecule has 0 amide bonds. The van der Waals surface area contributed by atoms with Crippen LogP contribution in [-0.4, -0.2) is 9.97 Å². The quantitative estimate of drug-likeness (QED) is 0.683. The molecule has 0 aliphatic carbocycles. The summed E-state index contributed by atoms with van der Waals surface area (Å²) in [6.07, 6.45) is 0. The van der Waals surface area contributed by atoms with Gasteiger partial charge in [0.25, 0.3) is 0 Å². The molecule has 18 heavy (non-hydrogen) atoms. The number of allylic oxidation sites excluding steroid dienone is 1. The smallest absolute Gasteiger partial charge is 0.150 e. The van der Waals surface area contributed by atoms with Crippen molar-refractivity contribution in [2.75, 3.05) is 0 Å². The summed E-state index contributed by atoms with van der Waals surface area (Å²) in [7, 11) is 0. The second-order valence-electron chi connectivity index (χ2n) is 3.41. The maximum Gasteiger partial charge on any atom is 0.150 e. The summed E-state index contributed by atoms with van der Waals surface area (Å²) in [5, 5.41) is 19.2. The highest BCUT2D eigenvalue weighted by molar-refractivity contribution is 8.24. The molecule has 0 radical (unpaired) electrons. The molecule has 1 aromatic heterocycles. The Bertz CT molecular complexity index is 705. The molecule has 6 heteroatoms. The molecule has 2 aromatic rings. The van der Waals surface area contributed by atoms with Crippen LogP contribution in [0.4, 0.5) is 0 Å². The second kappa shape index (κ2) is 4.34. The van der Waals surface area contributed by atoms with Gasteiger partial charge in [-0.1, -0.05) is 35.7 Å². The van der Waals surface area contributed by atoms with Gasteiger partial charge >= 0.3 is 0 Å². The van der Waals surface area contributed by atoms with Gasteiger partial charge in [0.15, 0.2) is 0 Å². The van der Waals surface area contributed by atoms with Gasteiger partial charge < -0.3 is 0 Å². The minimum absolute atomic E-state index is 0.119. The summed E-state index contributed by atoms with van der Waals surface area (Å²) >= 11 is 2.66. The Morgan fingerprint density at radius 3 is 1.89 bits per heavy atom. The maximum atomic E-state index is 8.86. The highest BCUT2D eigenvalue weighted by Crippen LogP contribution is 2.50. The van der Waals surface area contributed by atoms with Crippen molar-refractivity contribution in [3.05, 3.63) is 34.1 Å². The largest absolute Gasteiger partial charge is 0.237 e. The van der Waals surface area contributed by atoms with Gasteiger partial charge in [0, 0.05) is 0 Å². The number of aromatic nitrogens is 2. The summed E-state index contributed by atoms with van der Waals surface area (Å²) in [5.74, 6) is 0. The number of rotatable bonds is 0. The molecule has 0 unspecified atom stereocenters. The van der Waals surface area contributed by atoms with Crippen LogP contribution >= 0.6 is 23.5 Å². The van der Waals surface area contributed by atoms with Gasteiger partial charge in [0.2, 0.25) is 0 Å². The van der Waals surface area contributed by atoms with Crippen LogP contribution in [0.2, 0.25) is 0 Å². The first-order valence-corrected chi connectivity index (χ1v) is 6.62. The molecule has 84 valence electrons. The van der Waals surface area contributed by atoms with Gasteiger partial charge in [-0.3, -0.25) is 0 Å². The predicted octanol–water partition coefficient (Wildman–Crippen LogP) is 3.09. The number of nitriles is 2. The fourth-order valence-electron chi connectivity index (χ4n) is 1.52. The van der Waals surface area contributed by atoms with Crippen molar-refractivity contribution in [1.82, 2.24) is 9.97 Å². The standard InChI is InChI=1S/C12H4N4S2/c13-5-7(6-14)12-17-10-11(18-12)16-9-4-2-1-3-8(9)15-10/h1-4H. The molecule has 0 saturated heterocycles. The Kier molecular flexibility index (Phi) is 2.67. The van der Waals surface area contributed by atoms with E-state index in [1.165, 1.54) is 23.5 Å². The molecular formula is C12H4N4S2. The molecule has 0 fully saturated rings. The van der Waals surface area contributed by atoms with Gasteiger partial charge in [-0.2, -0.15) is 10.5 Å². The number of thioether (sulfide) groups is 2. The Balaban J connectivity index is 2.15. The van der Waals surface area contributed by atoms with Gasteiger partial charge in [-0.25, -0.2) is 9.97 Å². The van der Waals surface area contributed by atoms with Crippen LogP contribution in [0, 0.1) is 22.7 Å². The highest BCUT2D eigenvalue weighted by Gasteiger charge is 2.24. The number of benzene rings is 1. The molecule has 1 aliphatic rings. The Hall–Kier alpha value is -2.02. The third-order valence-electron chi connectivity index (χ3n) is 2.32. The van der Waals surface area contributed by atoms with Gasteiger partial charge in [-0.15, -0.1) is 0 Å². The normalized spacial score (nSPS) is 12.9. The van der Waals surface area contributed by atoms with E-state index in [1.807, 2.05) is 36.4 Å². The van der Waals surface area contributed by atoms with Crippen molar-refractivity contribution >= 4 is 34.6 Å². The van der Waals surface area contributed by atoms with Crippen LogP contribution in [-0.2, 0) is 0 Å². The lowest BCUT2D eigenvalue weighted by atomic mass is 10.3. The van der Waals surface area contributed by atoms with Crippen LogP contribution in [0.15, 0.2) is 44.1 Å². The Morgan fingerprint density at radius 2 is 1.44 bits per heavy atom. The molecule has 0 spiro atoms. The first-order chi connectivity index (χ1) is 8.81. The third kappa shape index (κ3) is 1.72. The molecule has 0 saturated carbocycles. The molecule has 1 aliphatic heterocycles. The average molecular weight is 268 g/mol. The molecule has 3 rings (SSSR count). The Morgan fingerprint density at radius 1 is 0.944 bits per heavy atom. The average Bonchev–Trinajstić information content (AvgIpc) is 2.79. The van der Waals surface area contributed by atoms with Crippen molar-refractivity contribution in [2.24, 2.45) is 0 Å². The molecule has 0 bridgehead atoms. The van der Waals surface area contributed by atoms with E-state index in [9.17, 15) is 0 Å². The minimum Gasteiger partial charge on any atom is -0.237 e. The van der Waals surface area contributed by atoms with Crippen molar-refractivity contribution in [2.45, 2.75) is 10.1 Å². The van der Waals surface area contributed by atoms with Crippen molar-refractivity contribution in [3.8, 4) is 12.1 Å². The summed E-state index contributed by atoms with van der Waals surface area (Å²) in [6.45, 7) is 0. The van der Waals surface area contributed by atoms with Crippen LogP contribution in [0.25, 0.3) is 11.0 Å². The lowest BCUT2D eigenvalue weighted by Crippen LogP contribution is -1.86. The van der Waals surface area contributed by atoms with E-state index in [0.29, 0.717) is 4.24 Å². The minimum atomic E-state index is 0.119. The van der Waals surface area contributed by atoms with E-state index in [-0.39, 0.29) is 5.57 Å². The monoisotopic (exact) mass is 268 g/mol. The van der Waals surface area contributed by atoms with E-state index in [2.05, 4.69) is 9.97 Å². The third-order valence-corrected chi connectivity index (χ3v) is 4.68. The zero-order valence-electron chi connectivity index (χ0n) is 8.91. The Labute approximate surface area is 111 Å². The van der Waals surface area contributed by atoms with Crippen molar-refractivity contribution in [3.63, 3.8) is 0 Å². The molecule has 4 nitrogen and oxygen atoms in total. The maximum absolute atomic E-state index is 8.86. The van der Waals surface area contributed by atoms with Gasteiger partial charge in [0.1, 0.15) is 27.8 Å². The molecular weight excluding hydrogens is 264 g/mol. The summed E-state index contributed by atoms with van der Waals surface area (Å²) in [5.41, 5.74) is 1.76. The summed E-state index contributed by atoms with van der Waals surface area (Å²) in [6, 6.07) is 11.4. The first kappa shape index (κ1) is 11.1. The van der Waals surface area contributed by atoms with E-state index in [4.69, 9.17) is 10.5 Å². The lowest BCUT2D eigenvalue weighted by Gasteiger charge is -1.98. The predicted molar refractivity (Wildman–Crippen MR) is 69.5 cm³/mol. The SMILES string of the molecule is N#CC(C#N)=C1Sc2nc3ccccc3nc2S1. The van der Waals surface area contributed by atoms with E-state index < -0.39 is 0 Å². The second-order valence-corrected chi connectivity index (χ2v) is 5.67. The summed E-state index contributed by atoms with van der Waals surface area (Å²) in [4.78, 5) is 8.97. The number of hydrogen-bond donors (Lipinski definition) is 0. The molecule has 0 atom stereocenters. The van der Waals surface area contributed by atoms with Crippen LogP contribution in [0.1, 0.15) is 0 Å². The molecule has 0 N–H and O–H groups in total. The van der Waals surface area contributed by atoms with Crippen LogP contribution in [0.5, 0.6) is 0 Å². The fraction of sp³-hybridized carbons (Fsp3) is 0. The number of fused-ring (bicyclic) bond motifs is 2. The number of nitrogens with zero attached hydrogens (tertiary/aromatic N) is 4. The fourth-order valence-corrected chi connectivity index (χ4v) is 3.70. The number of hydrogen-bond acceptors (Lipinski definition) is 6. The molecule has 1 aromatic carbocycles. The number of para-hydroxylation sites is 2. The zero-order valence-corrected chi connectivity index (χ0v) is 10.5. The topological polar surface area (TPSA) is 73.4 Å². The van der Waals surface area contributed by atoms with Crippen LogP contribution < -0.4 is 0 Å². The zero-order chi connectivity index (χ0) is 12.5. The van der Waals surface area contributed by atoms with Crippen molar-refractivity contribution < 1.29 is 0 Å². The van der Waals surface area contributed by atoms with E-state index in [0.717, 1.165) is 21.1 Å².